The van der Waals surface area contributed by atoms with Gasteiger partial charge in [-0.25, -0.2) is 8.42 Å². The summed E-state index contributed by atoms with van der Waals surface area (Å²) in [7, 11) is -0.315. The number of hydrogen-bond donors (Lipinski definition) is 0. The molecule has 1 heterocycles. The van der Waals surface area contributed by atoms with E-state index in [4.69, 9.17) is 4.52 Å². The van der Waals surface area contributed by atoms with Crippen LogP contribution in [0.4, 0.5) is 0 Å². The van der Waals surface area contributed by atoms with Crippen molar-refractivity contribution >= 4 is 15.7 Å². The Kier molecular flexibility index (Phi) is 5.15. The molecule has 7 nitrogen and oxygen atoms in total. The molecule has 1 aromatic carbocycles. The number of sulfone groups is 1. The van der Waals surface area contributed by atoms with Crippen LogP contribution >= 0.6 is 0 Å². The molecular weight excluding hydrogens is 318 g/mol. The predicted octanol–water partition coefficient (Wildman–Crippen LogP) is 1.44. The van der Waals surface area contributed by atoms with Gasteiger partial charge in [0.05, 0.1) is 5.75 Å². The van der Waals surface area contributed by atoms with Gasteiger partial charge >= 0.3 is 0 Å². The molecule has 0 saturated heterocycles. The van der Waals surface area contributed by atoms with E-state index in [1.165, 1.54) is 4.90 Å². The van der Waals surface area contributed by atoms with Gasteiger partial charge in [-0.3, -0.25) is 4.79 Å². The van der Waals surface area contributed by atoms with E-state index in [0.717, 1.165) is 11.1 Å². The van der Waals surface area contributed by atoms with Gasteiger partial charge in [0.25, 0.3) is 0 Å². The maximum absolute atomic E-state index is 12.0. The Bertz CT molecular complexity index is 797. The van der Waals surface area contributed by atoms with Gasteiger partial charge in [-0.15, -0.1) is 0 Å². The smallest absolute Gasteiger partial charge is 0.242 e. The average Bonchev–Trinajstić information content (AvgIpc) is 2.92. The largest absolute Gasteiger partial charge is 0.349 e. The van der Waals surface area contributed by atoms with Crippen LogP contribution in [-0.4, -0.2) is 49.2 Å². The van der Waals surface area contributed by atoms with Crippen LogP contribution in [0.1, 0.15) is 17.9 Å². The molecule has 124 valence electrons. The number of nitrogens with zero attached hydrogens (tertiary/aromatic N) is 3. The average molecular weight is 337 g/mol. The van der Waals surface area contributed by atoms with Gasteiger partial charge < -0.3 is 9.42 Å². The number of carbonyl (C=O) groups is 1. The number of amides is 1. The molecule has 2 rings (SSSR count). The van der Waals surface area contributed by atoms with Crippen LogP contribution in [0.5, 0.6) is 0 Å². The lowest BCUT2D eigenvalue weighted by molar-refractivity contribution is -0.128. The Labute approximate surface area is 135 Å². The fraction of sp³-hybridized carbons (Fsp3) is 0.400. The van der Waals surface area contributed by atoms with Crippen LogP contribution in [0, 0.1) is 6.92 Å². The SMILES string of the molecule is Cc1cccc(-c2noc(CS(=O)(=O)CCC(=O)N(C)C)n2)c1. The minimum absolute atomic E-state index is 0.0267. The summed E-state index contributed by atoms with van der Waals surface area (Å²) in [5.74, 6) is -0.472. The van der Waals surface area contributed by atoms with Gasteiger partial charge in [0.1, 0.15) is 5.75 Å². The number of carbonyl (C=O) groups excluding carboxylic acids is 1. The first-order valence-corrected chi connectivity index (χ1v) is 8.89. The molecule has 0 aliphatic rings. The van der Waals surface area contributed by atoms with Crippen LogP contribution in [0.2, 0.25) is 0 Å². The summed E-state index contributed by atoms with van der Waals surface area (Å²) >= 11 is 0. The van der Waals surface area contributed by atoms with E-state index in [-0.39, 0.29) is 29.7 Å². The maximum Gasteiger partial charge on any atom is 0.242 e. The summed E-state index contributed by atoms with van der Waals surface area (Å²) in [6, 6.07) is 7.52. The number of rotatable bonds is 6. The molecule has 2 aromatic rings. The molecular formula is C15H19N3O4S. The first-order chi connectivity index (χ1) is 10.8. The molecule has 0 atom stereocenters. The van der Waals surface area contributed by atoms with Crippen molar-refractivity contribution in [2.45, 2.75) is 19.1 Å². The monoisotopic (exact) mass is 337 g/mol. The zero-order chi connectivity index (χ0) is 17.0. The Balaban J connectivity index is 2.05. The molecule has 0 fully saturated rings. The van der Waals surface area contributed by atoms with E-state index in [0.29, 0.717) is 5.82 Å². The third-order valence-electron chi connectivity index (χ3n) is 3.21. The quantitative estimate of drug-likeness (QED) is 0.792. The van der Waals surface area contributed by atoms with Crippen molar-refractivity contribution in [3.05, 3.63) is 35.7 Å². The number of aromatic nitrogens is 2. The summed E-state index contributed by atoms with van der Waals surface area (Å²) < 4.78 is 29.1. The third-order valence-corrected chi connectivity index (χ3v) is 4.73. The van der Waals surface area contributed by atoms with Crippen molar-refractivity contribution in [2.24, 2.45) is 0 Å². The molecule has 0 saturated carbocycles. The lowest BCUT2D eigenvalue weighted by atomic mass is 10.1. The molecule has 0 N–H and O–H groups in total. The Morgan fingerprint density at radius 3 is 2.70 bits per heavy atom. The number of aryl methyl sites for hydroxylation is 1. The molecule has 0 unspecified atom stereocenters. The Morgan fingerprint density at radius 1 is 1.30 bits per heavy atom. The van der Waals surface area contributed by atoms with Gasteiger partial charge in [0, 0.05) is 26.1 Å². The van der Waals surface area contributed by atoms with Gasteiger partial charge in [0.2, 0.25) is 17.6 Å². The second kappa shape index (κ2) is 6.91. The van der Waals surface area contributed by atoms with Crippen molar-refractivity contribution in [2.75, 3.05) is 19.8 Å². The van der Waals surface area contributed by atoms with Crippen LogP contribution in [0.25, 0.3) is 11.4 Å². The van der Waals surface area contributed by atoms with E-state index >= 15 is 0 Å². The van der Waals surface area contributed by atoms with Crippen molar-refractivity contribution in [3.63, 3.8) is 0 Å². The molecule has 1 aromatic heterocycles. The molecule has 0 bridgehead atoms. The Hall–Kier alpha value is -2.22. The molecule has 0 aliphatic heterocycles. The van der Waals surface area contributed by atoms with E-state index in [9.17, 15) is 13.2 Å². The minimum atomic E-state index is -3.48. The van der Waals surface area contributed by atoms with Crippen LogP contribution in [-0.2, 0) is 20.4 Å². The lowest BCUT2D eigenvalue weighted by Crippen LogP contribution is -2.24. The fourth-order valence-corrected chi connectivity index (χ4v) is 3.07. The second-order valence-corrected chi connectivity index (χ2v) is 7.70. The van der Waals surface area contributed by atoms with Crippen molar-refractivity contribution in [3.8, 4) is 11.4 Å². The topological polar surface area (TPSA) is 93.4 Å². The predicted molar refractivity (Wildman–Crippen MR) is 85.3 cm³/mol. The normalized spacial score (nSPS) is 11.4. The fourth-order valence-electron chi connectivity index (χ4n) is 1.94. The van der Waals surface area contributed by atoms with Gasteiger partial charge in [-0.05, 0) is 13.0 Å². The summed E-state index contributed by atoms with van der Waals surface area (Å²) in [6.07, 6.45) is -0.0613. The van der Waals surface area contributed by atoms with Gasteiger partial charge in [-0.1, -0.05) is 28.9 Å². The first-order valence-electron chi connectivity index (χ1n) is 7.07. The molecule has 0 radical (unpaired) electrons. The zero-order valence-corrected chi connectivity index (χ0v) is 14.1. The summed E-state index contributed by atoms with van der Waals surface area (Å²) in [5.41, 5.74) is 1.81. The molecule has 0 aliphatic carbocycles. The Morgan fingerprint density at radius 2 is 2.04 bits per heavy atom. The van der Waals surface area contributed by atoms with Crippen molar-refractivity contribution < 1.29 is 17.7 Å². The van der Waals surface area contributed by atoms with Crippen LogP contribution in [0.15, 0.2) is 28.8 Å². The summed E-state index contributed by atoms with van der Waals surface area (Å²) in [5, 5.41) is 3.81. The minimum Gasteiger partial charge on any atom is -0.349 e. The van der Waals surface area contributed by atoms with E-state index in [1.807, 2.05) is 31.2 Å². The maximum atomic E-state index is 12.0. The molecule has 23 heavy (non-hydrogen) atoms. The van der Waals surface area contributed by atoms with E-state index < -0.39 is 9.84 Å². The highest BCUT2D eigenvalue weighted by Gasteiger charge is 2.19. The number of benzene rings is 1. The second-order valence-electron chi connectivity index (χ2n) is 5.51. The third kappa shape index (κ3) is 4.88. The van der Waals surface area contributed by atoms with Crippen molar-refractivity contribution in [1.82, 2.24) is 15.0 Å². The summed E-state index contributed by atoms with van der Waals surface area (Å²) in [6.45, 7) is 1.94. The first kappa shape index (κ1) is 17.1. The van der Waals surface area contributed by atoms with Crippen LogP contribution < -0.4 is 0 Å². The van der Waals surface area contributed by atoms with Gasteiger partial charge in [0.15, 0.2) is 9.84 Å². The summed E-state index contributed by atoms with van der Waals surface area (Å²) in [4.78, 5) is 16.9. The number of hydrogen-bond acceptors (Lipinski definition) is 6. The highest BCUT2D eigenvalue weighted by atomic mass is 32.2. The van der Waals surface area contributed by atoms with Gasteiger partial charge in [-0.2, -0.15) is 4.98 Å². The van der Waals surface area contributed by atoms with Crippen molar-refractivity contribution in [1.29, 1.82) is 0 Å². The van der Waals surface area contributed by atoms with Crippen LogP contribution in [0.3, 0.4) is 0 Å². The lowest BCUT2D eigenvalue weighted by Gasteiger charge is -2.09. The standard InChI is InChI=1S/C15H19N3O4S/c1-11-5-4-6-12(9-11)15-16-13(22-17-15)10-23(20,21)8-7-14(19)18(2)3/h4-6,9H,7-8,10H2,1-3H3. The van der Waals surface area contributed by atoms with E-state index in [2.05, 4.69) is 10.1 Å². The highest BCUT2D eigenvalue weighted by molar-refractivity contribution is 7.90. The molecule has 8 heteroatoms. The highest BCUT2D eigenvalue weighted by Crippen LogP contribution is 2.18. The van der Waals surface area contributed by atoms with E-state index in [1.54, 1.807) is 14.1 Å². The molecule has 0 spiro atoms. The zero-order valence-electron chi connectivity index (χ0n) is 13.3. The molecule has 1 amide bonds.